The number of hydrogen-bond acceptors (Lipinski definition) is 4. The molecule has 1 unspecified atom stereocenters. The number of fused-ring (bicyclic) bond motifs is 1. The monoisotopic (exact) mass is 262 g/mol. The molecule has 0 bridgehead atoms. The largest absolute Gasteiger partial charge is 0.459 e. The van der Waals surface area contributed by atoms with Crippen molar-refractivity contribution in [1.29, 1.82) is 0 Å². The van der Waals surface area contributed by atoms with Crippen LogP contribution in [0.5, 0.6) is 0 Å². The van der Waals surface area contributed by atoms with Gasteiger partial charge in [0.25, 0.3) is 0 Å². The molecule has 2 N–H and O–H groups in total. The Morgan fingerprint density at radius 3 is 2.79 bits per heavy atom. The third-order valence-corrected chi connectivity index (χ3v) is 3.54. The molecule has 0 radical (unpaired) electrons. The molecule has 4 nitrogen and oxygen atoms in total. The topological polar surface area (TPSA) is 51.6 Å². The minimum Gasteiger partial charge on any atom is -0.459 e. The van der Waals surface area contributed by atoms with Gasteiger partial charge in [-0.1, -0.05) is 18.2 Å². The standard InChI is InChI=1S/C15H22N2O2/c1-11(10-18-3)17(2)9-15-13(8-16)12-6-4-5-7-14(12)19-15/h4-7,11H,8-10,16H2,1-3H3. The van der Waals surface area contributed by atoms with Gasteiger partial charge < -0.3 is 14.9 Å². The predicted molar refractivity (Wildman–Crippen MR) is 76.9 cm³/mol. The second-order valence-corrected chi connectivity index (χ2v) is 4.92. The number of para-hydroxylation sites is 1. The first-order valence-electron chi connectivity index (χ1n) is 6.56. The SMILES string of the molecule is COCC(C)N(C)Cc1oc2ccccc2c1CN. The second kappa shape index (κ2) is 6.19. The van der Waals surface area contributed by atoms with Crippen molar-refractivity contribution in [1.82, 2.24) is 4.90 Å². The van der Waals surface area contributed by atoms with Crippen molar-refractivity contribution >= 4 is 11.0 Å². The number of nitrogens with zero attached hydrogens (tertiary/aromatic N) is 1. The lowest BCUT2D eigenvalue weighted by Crippen LogP contribution is -2.32. The van der Waals surface area contributed by atoms with Crippen LogP contribution in [0.2, 0.25) is 0 Å². The Hall–Kier alpha value is -1.36. The highest BCUT2D eigenvalue weighted by atomic mass is 16.5. The first-order valence-corrected chi connectivity index (χ1v) is 6.56. The van der Waals surface area contributed by atoms with Gasteiger partial charge in [-0.2, -0.15) is 0 Å². The van der Waals surface area contributed by atoms with E-state index in [1.807, 2.05) is 18.2 Å². The van der Waals surface area contributed by atoms with Gasteiger partial charge >= 0.3 is 0 Å². The van der Waals surface area contributed by atoms with Gasteiger partial charge in [0.2, 0.25) is 0 Å². The van der Waals surface area contributed by atoms with Gasteiger partial charge in [-0.15, -0.1) is 0 Å². The fourth-order valence-electron chi connectivity index (χ4n) is 2.25. The molecule has 0 saturated carbocycles. The Morgan fingerprint density at radius 1 is 1.37 bits per heavy atom. The lowest BCUT2D eigenvalue weighted by Gasteiger charge is -2.23. The van der Waals surface area contributed by atoms with Crippen molar-refractivity contribution < 1.29 is 9.15 Å². The molecule has 0 aliphatic carbocycles. The maximum atomic E-state index is 5.93. The van der Waals surface area contributed by atoms with Crippen LogP contribution in [0.3, 0.4) is 0 Å². The summed E-state index contributed by atoms with van der Waals surface area (Å²) in [5.41, 5.74) is 7.88. The zero-order valence-electron chi connectivity index (χ0n) is 11.8. The summed E-state index contributed by atoms with van der Waals surface area (Å²) in [4.78, 5) is 2.21. The molecule has 1 atom stereocenters. The Morgan fingerprint density at radius 2 is 2.11 bits per heavy atom. The third-order valence-electron chi connectivity index (χ3n) is 3.54. The van der Waals surface area contributed by atoms with Crippen LogP contribution in [0, 0.1) is 0 Å². The van der Waals surface area contributed by atoms with Crippen LogP contribution in [-0.4, -0.2) is 31.7 Å². The van der Waals surface area contributed by atoms with Crippen LogP contribution >= 0.6 is 0 Å². The van der Waals surface area contributed by atoms with E-state index in [0.717, 1.165) is 28.8 Å². The Bertz CT molecular complexity index is 536. The average Bonchev–Trinajstić information content (AvgIpc) is 2.75. The lowest BCUT2D eigenvalue weighted by atomic mass is 10.1. The zero-order valence-corrected chi connectivity index (χ0v) is 11.8. The number of methoxy groups -OCH3 is 1. The minimum absolute atomic E-state index is 0.337. The molecular weight excluding hydrogens is 240 g/mol. The van der Waals surface area contributed by atoms with Crippen LogP contribution in [-0.2, 0) is 17.8 Å². The van der Waals surface area contributed by atoms with Gasteiger partial charge in [0, 0.05) is 30.6 Å². The highest BCUT2D eigenvalue weighted by Crippen LogP contribution is 2.26. The first kappa shape index (κ1) is 14.1. The van der Waals surface area contributed by atoms with Gasteiger partial charge in [-0.25, -0.2) is 0 Å². The smallest absolute Gasteiger partial charge is 0.134 e. The predicted octanol–water partition coefficient (Wildman–Crippen LogP) is 2.36. The fourth-order valence-corrected chi connectivity index (χ4v) is 2.25. The van der Waals surface area contributed by atoms with E-state index in [2.05, 4.69) is 24.9 Å². The number of likely N-dealkylation sites (N-methyl/N-ethyl adjacent to an activating group) is 1. The number of rotatable bonds is 6. The van der Waals surface area contributed by atoms with Crippen molar-refractivity contribution in [3.63, 3.8) is 0 Å². The normalized spacial score (nSPS) is 13.3. The zero-order chi connectivity index (χ0) is 13.8. The van der Waals surface area contributed by atoms with Crippen molar-refractivity contribution in [2.75, 3.05) is 20.8 Å². The van der Waals surface area contributed by atoms with E-state index in [-0.39, 0.29) is 0 Å². The molecule has 104 valence electrons. The van der Waals surface area contributed by atoms with Crippen molar-refractivity contribution in [2.45, 2.75) is 26.1 Å². The van der Waals surface area contributed by atoms with E-state index in [9.17, 15) is 0 Å². The van der Waals surface area contributed by atoms with Gasteiger partial charge in [-0.3, -0.25) is 4.90 Å². The molecule has 19 heavy (non-hydrogen) atoms. The van der Waals surface area contributed by atoms with E-state index < -0.39 is 0 Å². The van der Waals surface area contributed by atoms with Crippen LogP contribution in [0.15, 0.2) is 28.7 Å². The molecule has 1 aromatic carbocycles. The summed E-state index contributed by atoms with van der Waals surface area (Å²) < 4.78 is 11.1. The van der Waals surface area contributed by atoms with Crippen molar-refractivity contribution in [3.05, 3.63) is 35.6 Å². The summed E-state index contributed by atoms with van der Waals surface area (Å²) in [6, 6.07) is 8.37. The van der Waals surface area contributed by atoms with Gasteiger partial charge in [-0.05, 0) is 20.0 Å². The van der Waals surface area contributed by atoms with E-state index in [1.54, 1.807) is 7.11 Å². The maximum Gasteiger partial charge on any atom is 0.134 e. The van der Waals surface area contributed by atoms with Crippen molar-refractivity contribution in [3.8, 4) is 0 Å². The molecule has 0 amide bonds. The minimum atomic E-state index is 0.337. The lowest BCUT2D eigenvalue weighted by molar-refractivity contribution is 0.108. The van der Waals surface area contributed by atoms with E-state index in [0.29, 0.717) is 19.2 Å². The molecule has 4 heteroatoms. The first-order chi connectivity index (χ1) is 9.17. The summed E-state index contributed by atoms with van der Waals surface area (Å²) in [5.74, 6) is 0.953. The van der Waals surface area contributed by atoms with Crippen LogP contribution < -0.4 is 5.73 Å². The Labute approximate surface area is 114 Å². The Balaban J connectivity index is 2.24. The molecule has 0 spiro atoms. The quantitative estimate of drug-likeness (QED) is 0.868. The second-order valence-electron chi connectivity index (χ2n) is 4.92. The highest BCUT2D eigenvalue weighted by molar-refractivity contribution is 5.82. The van der Waals surface area contributed by atoms with E-state index in [4.69, 9.17) is 14.9 Å². The number of nitrogens with two attached hydrogens (primary N) is 1. The molecule has 2 rings (SSSR count). The maximum absolute atomic E-state index is 5.93. The molecule has 0 fully saturated rings. The van der Waals surface area contributed by atoms with Crippen molar-refractivity contribution in [2.24, 2.45) is 5.73 Å². The van der Waals surface area contributed by atoms with Gasteiger partial charge in [0.15, 0.2) is 0 Å². The number of hydrogen-bond donors (Lipinski definition) is 1. The number of benzene rings is 1. The molecule has 0 aliphatic heterocycles. The van der Waals surface area contributed by atoms with Gasteiger partial charge in [0.1, 0.15) is 11.3 Å². The van der Waals surface area contributed by atoms with E-state index in [1.165, 1.54) is 0 Å². The number of furan rings is 1. The van der Waals surface area contributed by atoms with Crippen LogP contribution in [0.1, 0.15) is 18.2 Å². The summed E-state index contributed by atoms with van der Waals surface area (Å²) >= 11 is 0. The summed E-state index contributed by atoms with van der Waals surface area (Å²) in [5, 5.41) is 1.12. The highest BCUT2D eigenvalue weighted by Gasteiger charge is 2.16. The fraction of sp³-hybridized carbons (Fsp3) is 0.467. The van der Waals surface area contributed by atoms with Gasteiger partial charge in [0.05, 0.1) is 13.2 Å². The summed E-state index contributed by atoms with van der Waals surface area (Å²) in [7, 11) is 3.79. The molecule has 0 saturated heterocycles. The molecule has 1 heterocycles. The van der Waals surface area contributed by atoms with Crippen LogP contribution in [0.4, 0.5) is 0 Å². The Kier molecular flexibility index (Phi) is 4.58. The molecule has 2 aromatic rings. The third kappa shape index (κ3) is 2.97. The molecular formula is C15H22N2O2. The van der Waals surface area contributed by atoms with E-state index >= 15 is 0 Å². The van der Waals surface area contributed by atoms with Crippen LogP contribution in [0.25, 0.3) is 11.0 Å². The molecule has 0 aliphatic rings. The molecule has 1 aromatic heterocycles. The number of ether oxygens (including phenoxy) is 1. The summed E-state index contributed by atoms with van der Waals surface area (Å²) in [6.45, 7) is 4.08. The average molecular weight is 262 g/mol. The summed E-state index contributed by atoms with van der Waals surface area (Å²) in [6.07, 6.45) is 0.